The van der Waals surface area contributed by atoms with Gasteiger partial charge in [0.2, 0.25) is 5.91 Å². The number of fused-ring (bicyclic) bond motifs is 1. The molecule has 1 atom stereocenters. The molecule has 0 saturated carbocycles. The molecule has 2 aliphatic rings. The molecule has 6 nitrogen and oxygen atoms in total. The first-order valence-corrected chi connectivity index (χ1v) is 9.31. The van der Waals surface area contributed by atoms with E-state index in [4.69, 9.17) is 4.74 Å². The van der Waals surface area contributed by atoms with Crippen LogP contribution in [0.5, 0.6) is 5.75 Å². The zero-order valence-electron chi connectivity index (χ0n) is 15.1. The summed E-state index contributed by atoms with van der Waals surface area (Å²) in [5.74, 6) is 0.425. The zero-order valence-corrected chi connectivity index (χ0v) is 15.1. The maximum absolute atomic E-state index is 12.7. The van der Waals surface area contributed by atoms with Crippen molar-refractivity contribution in [2.24, 2.45) is 5.92 Å². The lowest BCUT2D eigenvalue weighted by atomic mass is 9.96. The third kappa shape index (κ3) is 4.28. The number of nitrogens with zero attached hydrogens (tertiary/aromatic N) is 1. The molecular formula is C21H23N3O3. The molecule has 0 aromatic heterocycles. The SMILES string of the molecule is O=C1COc2ccc(NC(=O)C3CCCN(Cc4ccccc4)C3)cc2N1. The van der Waals surface area contributed by atoms with Crippen molar-refractivity contribution in [2.45, 2.75) is 19.4 Å². The summed E-state index contributed by atoms with van der Waals surface area (Å²) >= 11 is 0. The summed E-state index contributed by atoms with van der Waals surface area (Å²) in [5, 5.41) is 5.75. The van der Waals surface area contributed by atoms with Gasteiger partial charge in [0, 0.05) is 18.8 Å². The fourth-order valence-electron chi connectivity index (χ4n) is 3.66. The van der Waals surface area contributed by atoms with E-state index >= 15 is 0 Å². The van der Waals surface area contributed by atoms with E-state index in [9.17, 15) is 9.59 Å². The number of ether oxygens (including phenoxy) is 1. The van der Waals surface area contributed by atoms with Gasteiger partial charge in [0.1, 0.15) is 5.75 Å². The number of hydrogen-bond donors (Lipinski definition) is 2. The lowest BCUT2D eigenvalue weighted by Gasteiger charge is -2.32. The quantitative estimate of drug-likeness (QED) is 0.874. The maximum Gasteiger partial charge on any atom is 0.262 e. The molecule has 6 heteroatoms. The monoisotopic (exact) mass is 365 g/mol. The molecule has 27 heavy (non-hydrogen) atoms. The first kappa shape index (κ1) is 17.5. The van der Waals surface area contributed by atoms with Crippen molar-refractivity contribution in [3.05, 3.63) is 54.1 Å². The highest BCUT2D eigenvalue weighted by atomic mass is 16.5. The molecule has 2 amide bonds. The molecule has 2 aromatic carbocycles. The fourth-order valence-corrected chi connectivity index (χ4v) is 3.66. The number of rotatable bonds is 4. The van der Waals surface area contributed by atoms with E-state index < -0.39 is 0 Å². The van der Waals surface area contributed by atoms with E-state index in [1.165, 1.54) is 5.56 Å². The second-order valence-electron chi connectivity index (χ2n) is 7.10. The summed E-state index contributed by atoms with van der Waals surface area (Å²) in [6.45, 7) is 2.66. The van der Waals surface area contributed by atoms with Gasteiger partial charge >= 0.3 is 0 Å². The highest BCUT2D eigenvalue weighted by molar-refractivity contribution is 5.98. The Kier molecular flexibility index (Phi) is 5.07. The van der Waals surface area contributed by atoms with Crippen LogP contribution >= 0.6 is 0 Å². The van der Waals surface area contributed by atoms with Gasteiger partial charge in [-0.15, -0.1) is 0 Å². The predicted molar refractivity (Wildman–Crippen MR) is 104 cm³/mol. The standard InChI is InChI=1S/C21H23N3O3/c25-20-14-27-19-9-8-17(11-18(19)23-20)22-21(26)16-7-4-10-24(13-16)12-15-5-2-1-3-6-15/h1-3,5-6,8-9,11,16H,4,7,10,12-14H2,(H,22,26)(H,23,25). The smallest absolute Gasteiger partial charge is 0.262 e. The number of carbonyl (C=O) groups is 2. The van der Waals surface area contributed by atoms with Crippen LogP contribution < -0.4 is 15.4 Å². The number of amides is 2. The van der Waals surface area contributed by atoms with E-state index in [-0.39, 0.29) is 24.3 Å². The number of carbonyl (C=O) groups excluding carboxylic acids is 2. The topological polar surface area (TPSA) is 70.7 Å². The molecule has 2 aromatic rings. The van der Waals surface area contributed by atoms with Gasteiger partial charge in [-0.25, -0.2) is 0 Å². The van der Waals surface area contributed by atoms with Gasteiger partial charge in [-0.3, -0.25) is 14.5 Å². The molecule has 2 N–H and O–H groups in total. The van der Waals surface area contributed by atoms with Crippen LogP contribution in [0, 0.1) is 5.92 Å². The van der Waals surface area contributed by atoms with E-state index in [1.54, 1.807) is 18.2 Å². The maximum atomic E-state index is 12.7. The first-order valence-electron chi connectivity index (χ1n) is 9.31. The van der Waals surface area contributed by atoms with Gasteiger partial charge in [-0.1, -0.05) is 30.3 Å². The van der Waals surface area contributed by atoms with E-state index in [0.717, 1.165) is 32.5 Å². The number of likely N-dealkylation sites (tertiary alicyclic amines) is 1. The van der Waals surface area contributed by atoms with Crippen molar-refractivity contribution >= 4 is 23.2 Å². The van der Waals surface area contributed by atoms with Crippen molar-refractivity contribution in [2.75, 3.05) is 30.3 Å². The van der Waals surface area contributed by atoms with Crippen molar-refractivity contribution in [1.29, 1.82) is 0 Å². The van der Waals surface area contributed by atoms with Crippen LogP contribution in [0.3, 0.4) is 0 Å². The van der Waals surface area contributed by atoms with Crippen LogP contribution in [0.4, 0.5) is 11.4 Å². The molecule has 1 saturated heterocycles. The van der Waals surface area contributed by atoms with Gasteiger partial charge in [-0.2, -0.15) is 0 Å². The van der Waals surface area contributed by atoms with Crippen molar-refractivity contribution in [3.8, 4) is 5.75 Å². The third-order valence-corrected chi connectivity index (χ3v) is 5.01. The largest absolute Gasteiger partial charge is 0.482 e. The first-order chi connectivity index (χ1) is 13.2. The summed E-state index contributed by atoms with van der Waals surface area (Å²) in [5.41, 5.74) is 2.53. The summed E-state index contributed by atoms with van der Waals surface area (Å²) in [4.78, 5) is 26.5. The Morgan fingerprint density at radius 3 is 2.93 bits per heavy atom. The fraction of sp³-hybridized carbons (Fsp3) is 0.333. The number of hydrogen-bond acceptors (Lipinski definition) is 4. The molecule has 140 valence electrons. The molecular weight excluding hydrogens is 342 g/mol. The van der Waals surface area contributed by atoms with E-state index in [0.29, 0.717) is 17.1 Å². The zero-order chi connectivity index (χ0) is 18.6. The number of anilines is 2. The molecule has 0 spiro atoms. The van der Waals surface area contributed by atoms with Crippen LogP contribution in [0.1, 0.15) is 18.4 Å². The molecule has 0 bridgehead atoms. The van der Waals surface area contributed by atoms with Crippen molar-refractivity contribution < 1.29 is 14.3 Å². The molecule has 0 aliphatic carbocycles. The van der Waals surface area contributed by atoms with Gasteiger partial charge in [-0.05, 0) is 43.1 Å². The van der Waals surface area contributed by atoms with Crippen molar-refractivity contribution in [3.63, 3.8) is 0 Å². The molecule has 2 heterocycles. The minimum absolute atomic E-state index is 0.0239. The number of nitrogens with one attached hydrogen (secondary N) is 2. The Morgan fingerprint density at radius 1 is 1.22 bits per heavy atom. The van der Waals surface area contributed by atoms with Crippen LogP contribution in [0.15, 0.2) is 48.5 Å². The number of benzene rings is 2. The third-order valence-electron chi connectivity index (χ3n) is 5.01. The molecule has 1 fully saturated rings. The van der Waals surface area contributed by atoms with Gasteiger partial charge in [0.25, 0.3) is 5.91 Å². The normalized spacial score (nSPS) is 19.6. The lowest BCUT2D eigenvalue weighted by Crippen LogP contribution is -2.40. The van der Waals surface area contributed by atoms with Crippen LogP contribution in [0.2, 0.25) is 0 Å². The molecule has 4 rings (SSSR count). The molecule has 0 radical (unpaired) electrons. The Morgan fingerprint density at radius 2 is 2.07 bits per heavy atom. The number of piperidine rings is 1. The predicted octanol–water partition coefficient (Wildman–Crippen LogP) is 2.87. The van der Waals surface area contributed by atoms with Crippen LogP contribution in [-0.2, 0) is 16.1 Å². The second kappa shape index (κ2) is 7.80. The Balaban J connectivity index is 1.38. The lowest BCUT2D eigenvalue weighted by molar-refractivity contribution is -0.121. The minimum atomic E-state index is -0.185. The highest BCUT2D eigenvalue weighted by Gasteiger charge is 2.26. The van der Waals surface area contributed by atoms with E-state index in [2.05, 4.69) is 27.7 Å². The van der Waals surface area contributed by atoms with Gasteiger partial charge < -0.3 is 15.4 Å². The van der Waals surface area contributed by atoms with Crippen molar-refractivity contribution in [1.82, 2.24) is 4.90 Å². The Bertz CT molecular complexity index is 838. The highest BCUT2D eigenvalue weighted by Crippen LogP contribution is 2.31. The average Bonchev–Trinajstić information content (AvgIpc) is 2.68. The Hall–Kier alpha value is -2.86. The summed E-state index contributed by atoms with van der Waals surface area (Å²) in [6, 6.07) is 15.7. The summed E-state index contributed by atoms with van der Waals surface area (Å²) in [6.07, 6.45) is 1.90. The van der Waals surface area contributed by atoms with Gasteiger partial charge in [0.05, 0.1) is 11.6 Å². The van der Waals surface area contributed by atoms with Crippen LogP contribution in [-0.4, -0.2) is 36.4 Å². The van der Waals surface area contributed by atoms with Gasteiger partial charge in [0.15, 0.2) is 6.61 Å². The Labute approximate surface area is 158 Å². The molecule has 2 aliphatic heterocycles. The van der Waals surface area contributed by atoms with Crippen LogP contribution in [0.25, 0.3) is 0 Å². The summed E-state index contributed by atoms with van der Waals surface area (Å²) in [7, 11) is 0. The minimum Gasteiger partial charge on any atom is -0.482 e. The van der Waals surface area contributed by atoms with E-state index in [1.807, 2.05) is 18.2 Å². The summed E-state index contributed by atoms with van der Waals surface area (Å²) < 4.78 is 5.35. The molecule has 1 unspecified atom stereocenters. The average molecular weight is 365 g/mol. The second-order valence-corrected chi connectivity index (χ2v) is 7.10.